The highest BCUT2D eigenvalue weighted by molar-refractivity contribution is 5.09. The third-order valence-corrected chi connectivity index (χ3v) is 3.20. The summed E-state index contributed by atoms with van der Waals surface area (Å²) in [6.07, 6.45) is 11.2. The predicted octanol–water partition coefficient (Wildman–Crippen LogP) is 3.37. The molecule has 0 heterocycles. The summed E-state index contributed by atoms with van der Waals surface area (Å²) < 4.78 is 0. The molecule has 0 bridgehead atoms. The molecule has 0 radical (unpaired) electrons. The van der Waals surface area contributed by atoms with E-state index in [-0.39, 0.29) is 0 Å². The maximum Gasteiger partial charge on any atom is 0.0203 e. The van der Waals surface area contributed by atoms with Crippen molar-refractivity contribution in [3.05, 3.63) is 0 Å². The molecular formula is C12H18. The molecule has 0 nitrogen and oxygen atoms in total. The number of hydrogen-bond acceptors (Lipinski definition) is 0. The Balaban J connectivity index is 1.81. The first-order valence-electron chi connectivity index (χ1n) is 5.46. The summed E-state index contributed by atoms with van der Waals surface area (Å²) in [5.74, 6) is 8.49. The summed E-state index contributed by atoms with van der Waals surface area (Å²) in [6.45, 7) is 0. The zero-order chi connectivity index (χ0) is 8.23. The van der Waals surface area contributed by atoms with Gasteiger partial charge in [0.15, 0.2) is 0 Å². The van der Waals surface area contributed by atoms with Gasteiger partial charge in [0.05, 0.1) is 0 Å². The van der Waals surface area contributed by atoms with E-state index in [1.807, 2.05) is 0 Å². The van der Waals surface area contributed by atoms with Crippen molar-refractivity contribution in [2.45, 2.75) is 51.4 Å². The van der Waals surface area contributed by atoms with Crippen molar-refractivity contribution in [3.63, 3.8) is 0 Å². The fraction of sp³-hybridized carbons (Fsp3) is 0.833. The van der Waals surface area contributed by atoms with Crippen LogP contribution in [-0.2, 0) is 0 Å². The molecule has 0 aromatic carbocycles. The van der Waals surface area contributed by atoms with Crippen molar-refractivity contribution in [3.8, 4) is 11.8 Å². The first-order chi connectivity index (χ1) is 5.95. The van der Waals surface area contributed by atoms with Gasteiger partial charge >= 0.3 is 0 Å². The normalized spacial score (nSPS) is 25.7. The van der Waals surface area contributed by atoms with Crippen molar-refractivity contribution in [2.75, 3.05) is 0 Å². The summed E-state index contributed by atoms with van der Waals surface area (Å²) in [5.41, 5.74) is 0. The Hall–Kier alpha value is -0.440. The van der Waals surface area contributed by atoms with Crippen LogP contribution in [0.2, 0.25) is 0 Å². The quantitative estimate of drug-likeness (QED) is 0.479. The molecule has 0 aromatic heterocycles. The second-order valence-electron chi connectivity index (χ2n) is 4.25. The molecule has 0 heteroatoms. The highest BCUT2D eigenvalue weighted by Gasteiger charge is 2.14. The average molecular weight is 162 g/mol. The van der Waals surface area contributed by atoms with Gasteiger partial charge in [0, 0.05) is 11.8 Å². The van der Waals surface area contributed by atoms with Crippen LogP contribution < -0.4 is 0 Å². The van der Waals surface area contributed by atoms with E-state index in [1.165, 1.54) is 51.4 Å². The van der Waals surface area contributed by atoms with E-state index in [0.717, 1.165) is 11.8 Å². The molecule has 2 saturated carbocycles. The minimum absolute atomic E-state index is 0.769. The van der Waals surface area contributed by atoms with Gasteiger partial charge in [-0.3, -0.25) is 0 Å². The molecule has 12 heavy (non-hydrogen) atoms. The van der Waals surface area contributed by atoms with Crippen molar-refractivity contribution < 1.29 is 0 Å². The third kappa shape index (κ3) is 2.03. The van der Waals surface area contributed by atoms with Gasteiger partial charge in [-0.2, -0.15) is 0 Å². The first-order valence-corrected chi connectivity index (χ1v) is 5.46. The van der Waals surface area contributed by atoms with Crippen LogP contribution in [0.25, 0.3) is 0 Å². The molecular weight excluding hydrogens is 144 g/mol. The zero-order valence-electron chi connectivity index (χ0n) is 7.81. The van der Waals surface area contributed by atoms with E-state index < -0.39 is 0 Å². The lowest BCUT2D eigenvalue weighted by Gasteiger charge is -1.99. The maximum absolute atomic E-state index is 3.47. The van der Waals surface area contributed by atoms with Gasteiger partial charge in [-0.25, -0.2) is 0 Å². The Kier molecular flexibility index (Phi) is 2.71. The lowest BCUT2D eigenvalue weighted by molar-refractivity contribution is 0.686. The average Bonchev–Trinajstić information content (AvgIpc) is 2.74. The Bertz CT molecular complexity index is 162. The molecule has 0 aromatic rings. The summed E-state index contributed by atoms with van der Waals surface area (Å²) >= 11 is 0. The Morgan fingerprint density at radius 1 is 0.583 bits per heavy atom. The molecule has 0 amide bonds. The highest BCUT2D eigenvalue weighted by atomic mass is 14.2. The Labute approximate surface area is 75.7 Å². The van der Waals surface area contributed by atoms with Crippen LogP contribution in [0.3, 0.4) is 0 Å². The van der Waals surface area contributed by atoms with E-state index in [1.54, 1.807) is 0 Å². The fourth-order valence-electron chi connectivity index (χ4n) is 2.38. The van der Waals surface area contributed by atoms with E-state index in [2.05, 4.69) is 11.8 Å². The van der Waals surface area contributed by atoms with Crippen molar-refractivity contribution in [1.82, 2.24) is 0 Å². The van der Waals surface area contributed by atoms with Crippen molar-refractivity contribution in [1.29, 1.82) is 0 Å². The molecule has 0 N–H and O–H groups in total. The molecule has 2 aliphatic carbocycles. The summed E-state index contributed by atoms with van der Waals surface area (Å²) in [4.78, 5) is 0. The minimum atomic E-state index is 0.769. The molecule has 0 unspecified atom stereocenters. The van der Waals surface area contributed by atoms with Crippen LogP contribution in [0.4, 0.5) is 0 Å². The maximum atomic E-state index is 3.47. The lowest BCUT2D eigenvalue weighted by atomic mass is 10.1. The molecule has 0 spiro atoms. The molecule has 2 fully saturated rings. The Morgan fingerprint density at radius 3 is 1.25 bits per heavy atom. The van der Waals surface area contributed by atoms with Gasteiger partial charge in [-0.1, -0.05) is 37.5 Å². The topological polar surface area (TPSA) is 0 Å². The standard InChI is InChI=1S/C12H18/c1-2-6-11(5-1)9-10-12-7-3-4-8-12/h11-12H,1-8H2. The van der Waals surface area contributed by atoms with Crippen LogP contribution in [-0.4, -0.2) is 0 Å². The molecule has 0 saturated heterocycles. The van der Waals surface area contributed by atoms with Crippen LogP contribution in [0.1, 0.15) is 51.4 Å². The monoisotopic (exact) mass is 162 g/mol. The summed E-state index contributed by atoms with van der Waals surface area (Å²) in [6, 6.07) is 0. The minimum Gasteiger partial charge on any atom is -0.0996 e. The summed E-state index contributed by atoms with van der Waals surface area (Å²) in [7, 11) is 0. The third-order valence-electron chi connectivity index (χ3n) is 3.20. The summed E-state index contributed by atoms with van der Waals surface area (Å²) in [5, 5.41) is 0. The van der Waals surface area contributed by atoms with Gasteiger partial charge < -0.3 is 0 Å². The Morgan fingerprint density at radius 2 is 0.917 bits per heavy atom. The van der Waals surface area contributed by atoms with Crippen LogP contribution in [0, 0.1) is 23.7 Å². The highest BCUT2D eigenvalue weighted by Crippen LogP contribution is 2.26. The molecule has 2 aliphatic rings. The van der Waals surface area contributed by atoms with Gasteiger partial charge in [-0.05, 0) is 25.7 Å². The van der Waals surface area contributed by atoms with E-state index >= 15 is 0 Å². The zero-order valence-corrected chi connectivity index (χ0v) is 7.81. The van der Waals surface area contributed by atoms with Crippen molar-refractivity contribution >= 4 is 0 Å². The van der Waals surface area contributed by atoms with Crippen molar-refractivity contribution in [2.24, 2.45) is 11.8 Å². The van der Waals surface area contributed by atoms with E-state index in [4.69, 9.17) is 0 Å². The molecule has 66 valence electrons. The lowest BCUT2D eigenvalue weighted by Crippen LogP contribution is -1.91. The second kappa shape index (κ2) is 3.99. The molecule has 0 aliphatic heterocycles. The number of hydrogen-bond donors (Lipinski definition) is 0. The fourth-order valence-corrected chi connectivity index (χ4v) is 2.38. The van der Waals surface area contributed by atoms with Gasteiger partial charge in [0.25, 0.3) is 0 Å². The van der Waals surface area contributed by atoms with Crippen LogP contribution in [0.15, 0.2) is 0 Å². The van der Waals surface area contributed by atoms with E-state index in [0.29, 0.717) is 0 Å². The van der Waals surface area contributed by atoms with Gasteiger partial charge in [-0.15, -0.1) is 0 Å². The van der Waals surface area contributed by atoms with Crippen LogP contribution in [0.5, 0.6) is 0 Å². The molecule has 2 rings (SSSR count). The largest absolute Gasteiger partial charge is 0.0996 e. The van der Waals surface area contributed by atoms with Crippen LogP contribution >= 0.6 is 0 Å². The molecule has 0 atom stereocenters. The first kappa shape index (κ1) is 8.17. The van der Waals surface area contributed by atoms with Gasteiger partial charge in [0.2, 0.25) is 0 Å². The van der Waals surface area contributed by atoms with E-state index in [9.17, 15) is 0 Å². The number of rotatable bonds is 0. The van der Waals surface area contributed by atoms with Gasteiger partial charge in [0.1, 0.15) is 0 Å². The SMILES string of the molecule is C(#CC1CCCC1)C1CCCC1. The smallest absolute Gasteiger partial charge is 0.0203 e. The predicted molar refractivity (Wildman–Crippen MR) is 51.7 cm³/mol. The second-order valence-corrected chi connectivity index (χ2v) is 4.25.